The molecule has 9 heteroatoms. The molecule has 1 aliphatic heterocycles. The molecule has 1 saturated heterocycles. The van der Waals surface area contributed by atoms with Gasteiger partial charge in [-0.05, 0) is 36.6 Å². The highest BCUT2D eigenvalue weighted by molar-refractivity contribution is 9.10. The first-order chi connectivity index (χ1) is 10.1. The van der Waals surface area contributed by atoms with Crippen molar-refractivity contribution in [3.8, 4) is 0 Å². The Kier molecular flexibility index (Phi) is 7.43. The molecule has 0 radical (unpaired) electrons. The van der Waals surface area contributed by atoms with E-state index in [9.17, 15) is 13.2 Å². The minimum atomic E-state index is -6.09. The van der Waals surface area contributed by atoms with Crippen LogP contribution < -0.4 is 0 Å². The molecule has 0 atom stereocenters. The Labute approximate surface area is 138 Å². The summed E-state index contributed by atoms with van der Waals surface area (Å²) >= 11 is 3.44. The predicted molar refractivity (Wildman–Crippen MR) is 85.3 cm³/mol. The summed E-state index contributed by atoms with van der Waals surface area (Å²) in [5.74, 6) is 2.82. The van der Waals surface area contributed by atoms with Gasteiger partial charge in [-0.1, -0.05) is 28.1 Å². The van der Waals surface area contributed by atoms with Crippen LogP contribution >= 0.6 is 15.9 Å². The Morgan fingerprint density at radius 1 is 1.14 bits per heavy atom. The fraction of sp³-hybridized carbons (Fsp3) is 0.385. The second-order valence-electron chi connectivity index (χ2n) is 4.41. The molecule has 2 rings (SSSR count). The minimum Gasteiger partial charge on any atom is -0.741 e. The van der Waals surface area contributed by atoms with E-state index in [4.69, 9.17) is 13.0 Å². The molecule has 0 bridgehead atoms. The second kappa shape index (κ2) is 8.37. The first kappa shape index (κ1) is 19.5. The summed E-state index contributed by atoms with van der Waals surface area (Å²) in [7, 11) is -5.52. The third-order valence-electron chi connectivity index (χ3n) is 2.67. The number of rotatable bonds is 2. The lowest BCUT2D eigenvalue weighted by molar-refractivity contribution is -0.0517. The molecular weight excluding hydrogens is 405 g/mol. The van der Waals surface area contributed by atoms with Crippen molar-refractivity contribution in [2.45, 2.75) is 18.3 Å². The maximum Gasteiger partial charge on any atom is 0.485 e. The van der Waals surface area contributed by atoms with Gasteiger partial charge in [0.25, 0.3) is 0 Å². The lowest BCUT2D eigenvalue weighted by Gasteiger charge is -2.08. The molecule has 0 spiro atoms. The Balaban J connectivity index is 0.000000261. The van der Waals surface area contributed by atoms with Gasteiger partial charge in [-0.25, -0.2) is 8.42 Å². The first-order valence-corrected chi connectivity index (χ1v) is 10.0. The molecule has 3 nitrogen and oxygen atoms in total. The van der Waals surface area contributed by atoms with Gasteiger partial charge in [0, 0.05) is 15.4 Å². The van der Waals surface area contributed by atoms with E-state index in [2.05, 4.69) is 51.7 Å². The van der Waals surface area contributed by atoms with Gasteiger partial charge in [0.05, 0.1) is 0 Å². The van der Waals surface area contributed by atoms with E-state index < -0.39 is 15.6 Å². The number of halogens is 4. The smallest absolute Gasteiger partial charge is 0.485 e. The Morgan fingerprint density at radius 3 is 2.00 bits per heavy atom. The van der Waals surface area contributed by atoms with Crippen LogP contribution in [-0.2, 0) is 21.0 Å². The SMILES string of the molecule is Brc1ccc(/C=C/[S+]2CCCC2)cc1.O=S(=O)([O-])C(F)(F)F. The molecule has 0 amide bonds. The van der Waals surface area contributed by atoms with Crippen LogP contribution in [0.3, 0.4) is 0 Å². The molecule has 0 unspecified atom stereocenters. The normalized spacial score (nSPS) is 16.6. The van der Waals surface area contributed by atoms with Gasteiger partial charge in [-0.15, -0.1) is 0 Å². The third-order valence-corrected chi connectivity index (χ3v) is 5.91. The number of alkyl halides is 3. The summed E-state index contributed by atoms with van der Waals surface area (Å²) in [6.07, 6.45) is 5.11. The van der Waals surface area contributed by atoms with Crippen molar-refractivity contribution < 1.29 is 26.1 Å². The zero-order valence-electron chi connectivity index (χ0n) is 11.3. The van der Waals surface area contributed by atoms with Gasteiger partial charge in [-0.3, -0.25) is 0 Å². The topological polar surface area (TPSA) is 57.2 Å². The third kappa shape index (κ3) is 7.17. The monoisotopic (exact) mass is 418 g/mol. The van der Waals surface area contributed by atoms with Crippen LogP contribution in [0.15, 0.2) is 34.1 Å². The molecule has 0 aliphatic carbocycles. The average molecular weight is 419 g/mol. The van der Waals surface area contributed by atoms with E-state index in [1.165, 1.54) is 29.9 Å². The molecule has 1 aromatic carbocycles. The van der Waals surface area contributed by atoms with Crippen molar-refractivity contribution in [1.29, 1.82) is 0 Å². The van der Waals surface area contributed by atoms with Crippen LogP contribution in [0.2, 0.25) is 0 Å². The summed E-state index contributed by atoms with van der Waals surface area (Å²) in [6, 6.07) is 8.49. The van der Waals surface area contributed by atoms with Gasteiger partial charge in [-0.2, -0.15) is 13.2 Å². The van der Waals surface area contributed by atoms with E-state index in [1.807, 2.05) is 0 Å². The molecule has 0 saturated carbocycles. The summed E-state index contributed by atoms with van der Waals surface area (Å²) in [6.45, 7) is 0. The fourth-order valence-electron chi connectivity index (χ4n) is 1.56. The van der Waals surface area contributed by atoms with Gasteiger partial charge in [0.15, 0.2) is 10.1 Å². The van der Waals surface area contributed by atoms with Crippen molar-refractivity contribution in [3.05, 3.63) is 39.7 Å². The Hall–Kier alpha value is -0.510. The minimum absolute atomic E-state index is 0.575. The second-order valence-corrected chi connectivity index (χ2v) is 8.86. The Bertz CT molecular complexity index is 592. The maximum absolute atomic E-state index is 10.7. The zero-order chi connectivity index (χ0) is 16.8. The van der Waals surface area contributed by atoms with Gasteiger partial charge in [0.1, 0.15) is 16.9 Å². The predicted octanol–water partition coefficient (Wildman–Crippen LogP) is 3.88. The summed E-state index contributed by atoms with van der Waals surface area (Å²) < 4.78 is 60.1. The standard InChI is InChI=1S/C12H14BrS.CHF3O3S/c13-12-5-3-11(4-6-12)7-10-14-8-1-2-9-14;2-1(3,4)8(5,6)7/h3-7,10H,1-2,8-9H2;(H,5,6,7)/q+1;/p-1/b10-7+;. The molecule has 1 aromatic rings. The molecular formula is C13H14BrF3O3S2. The molecule has 1 aliphatic rings. The van der Waals surface area contributed by atoms with Crippen molar-refractivity contribution in [2.24, 2.45) is 0 Å². The zero-order valence-corrected chi connectivity index (χ0v) is 14.6. The number of benzene rings is 1. The lowest BCUT2D eigenvalue weighted by atomic mass is 10.2. The molecule has 0 aromatic heterocycles. The van der Waals surface area contributed by atoms with Crippen LogP contribution in [0.5, 0.6) is 0 Å². The van der Waals surface area contributed by atoms with Crippen molar-refractivity contribution in [2.75, 3.05) is 11.5 Å². The summed E-state index contributed by atoms with van der Waals surface area (Å²) in [5, 5.41) is 2.40. The maximum atomic E-state index is 10.7. The highest BCUT2D eigenvalue weighted by Crippen LogP contribution is 2.20. The molecule has 0 N–H and O–H groups in total. The van der Waals surface area contributed by atoms with Gasteiger partial charge in [0.2, 0.25) is 0 Å². The van der Waals surface area contributed by atoms with Gasteiger partial charge < -0.3 is 4.55 Å². The fourth-order valence-corrected chi connectivity index (χ4v) is 3.80. The number of hydrogen-bond acceptors (Lipinski definition) is 3. The van der Waals surface area contributed by atoms with Crippen LogP contribution in [0, 0.1) is 0 Å². The van der Waals surface area contributed by atoms with Crippen molar-refractivity contribution in [3.63, 3.8) is 0 Å². The molecule has 124 valence electrons. The highest BCUT2D eigenvalue weighted by Gasteiger charge is 2.36. The Morgan fingerprint density at radius 2 is 1.59 bits per heavy atom. The van der Waals surface area contributed by atoms with E-state index >= 15 is 0 Å². The lowest BCUT2D eigenvalue weighted by Crippen LogP contribution is -2.21. The van der Waals surface area contributed by atoms with Crippen LogP contribution in [0.25, 0.3) is 6.08 Å². The van der Waals surface area contributed by atoms with Crippen LogP contribution in [-0.4, -0.2) is 30.0 Å². The molecule has 1 heterocycles. The van der Waals surface area contributed by atoms with E-state index in [1.54, 1.807) is 0 Å². The largest absolute Gasteiger partial charge is 0.741 e. The van der Waals surface area contributed by atoms with Crippen LogP contribution in [0.4, 0.5) is 13.2 Å². The average Bonchev–Trinajstić information content (AvgIpc) is 2.89. The number of hydrogen-bond donors (Lipinski definition) is 0. The molecule has 22 heavy (non-hydrogen) atoms. The van der Waals surface area contributed by atoms with E-state index in [0.29, 0.717) is 10.9 Å². The first-order valence-electron chi connectivity index (χ1n) is 6.22. The highest BCUT2D eigenvalue weighted by atomic mass is 79.9. The van der Waals surface area contributed by atoms with Crippen molar-refractivity contribution >= 4 is 43.0 Å². The van der Waals surface area contributed by atoms with Gasteiger partial charge >= 0.3 is 5.51 Å². The van der Waals surface area contributed by atoms with E-state index in [0.717, 1.165) is 4.47 Å². The van der Waals surface area contributed by atoms with Crippen molar-refractivity contribution in [1.82, 2.24) is 0 Å². The summed E-state index contributed by atoms with van der Waals surface area (Å²) in [4.78, 5) is 0. The summed E-state index contributed by atoms with van der Waals surface area (Å²) in [5.41, 5.74) is -4.33. The molecule has 1 fully saturated rings. The van der Waals surface area contributed by atoms with E-state index in [-0.39, 0.29) is 0 Å². The quantitative estimate of drug-likeness (QED) is 0.415. The van der Waals surface area contributed by atoms with Crippen LogP contribution in [0.1, 0.15) is 18.4 Å².